The number of rotatable bonds is 6. The van der Waals surface area contributed by atoms with Crippen molar-refractivity contribution in [2.24, 2.45) is 5.14 Å². The Morgan fingerprint density at radius 1 is 1.15 bits per heavy atom. The first kappa shape index (κ1) is 18.9. The largest absolute Gasteiger partial charge is 0.477 e. The molecule has 0 aliphatic carbocycles. The van der Waals surface area contributed by atoms with Crippen molar-refractivity contribution in [3.05, 3.63) is 53.3 Å². The fourth-order valence-electron chi connectivity index (χ4n) is 2.23. The standard InChI is InChI=1S/C16H13N3O6S2/c17-27(23,24)16-19-10-5-4-9(8-13(10)26-16)6-7-25-15(22)12-3-1-2-11(18-12)14(20)21/h1-5,8H,6-7H2,(H,20,21)(H2,17,23,24). The lowest BCUT2D eigenvalue weighted by Gasteiger charge is -2.05. The van der Waals surface area contributed by atoms with Crippen LogP contribution in [-0.2, 0) is 21.2 Å². The Labute approximate surface area is 157 Å². The second-order valence-electron chi connectivity index (χ2n) is 5.43. The number of hydrogen-bond donors (Lipinski definition) is 2. The molecule has 0 amide bonds. The average molecular weight is 407 g/mol. The van der Waals surface area contributed by atoms with Crippen molar-refractivity contribution in [2.75, 3.05) is 6.61 Å². The number of esters is 1. The number of aromatic carboxylic acids is 1. The van der Waals surface area contributed by atoms with Crippen LogP contribution in [0.2, 0.25) is 0 Å². The predicted octanol–water partition coefficient (Wildman–Crippen LogP) is 1.44. The van der Waals surface area contributed by atoms with E-state index in [4.69, 9.17) is 15.0 Å². The molecule has 0 saturated carbocycles. The summed E-state index contributed by atoms with van der Waals surface area (Å²) >= 11 is 0.962. The fourth-order valence-corrected chi connectivity index (χ4v) is 3.95. The second kappa shape index (κ2) is 7.39. The van der Waals surface area contributed by atoms with Crippen LogP contribution in [0.15, 0.2) is 40.7 Å². The molecule has 3 rings (SSSR count). The summed E-state index contributed by atoms with van der Waals surface area (Å²) in [6.45, 7) is 0.0458. The third-order valence-electron chi connectivity index (χ3n) is 3.48. The number of sulfonamides is 1. The monoisotopic (exact) mass is 407 g/mol. The van der Waals surface area contributed by atoms with Crippen LogP contribution in [0.3, 0.4) is 0 Å². The van der Waals surface area contributed by atoms with Gasteiger partial charge in [-0.1, -0.05) is 12.1 Å². The van der Waals surface area contributed by atoms with Crippen LogP contribution < -0.4 is 5.14 Å². The maximum Gasteiger partial charge on any atom is 0.356 e. The molecular formula is C16H13N3O6S2. The van der Waals surface area contributed by atoms with Crippen molar-refractivity contribution in [3.63, 3.8) is 0 Å². The zero-order valence-electron chi connectivity index (χ0n) is 13.7. The van der Waals surface area contributed by atoms with Gasteiger partial charge in [0.05, 0.1) is 16.8 Å². The Balaban J connectivity index is 1.65. The normalized spacial score (nSPS) is 11.4. The molecule has 140 valence electrons. The van der Waals surface area contributed by atoms with Gasteiger partial charge in [-0.15, -0.1) is 11.3 Å². The molecular weight excluding hydrogens is 394 g/mol. The van der Waals surface area contributed by atoms with Gasteiger partial charge < -0.3 is 9.84 Å². The lowest BCUT2D eigenvalue weighted by atomic mass is 10.1. The number of hydrogen-bond acceptors (Lipinski definition) is 8. The first-order chi connectivity index (χ1) is 12.7. The van der Waals surface area contributed by atoms with E-state index in [1.54, 1.807) is 18.2 Å². The summed E-state index contributed by atoms with van der Waals surface area (Å²) in [5.74, 6) is -1.96. The molecule has 3 aromatic rings. The second-order valence-corrected chi connectivity index (χ2v) is 8.19. The van der Waals surface area contributed by atoms with Crippen LogP contribution in [0.25, 0.3) is 10.2 Å². The number of carbonyl (C=O) groups excluding carboxylic acids is 1. The van der Waals surface area contributed by atoms with Gasteiger partial charge in [-0.25, -0.2) is 33.1 Å². The molecule has 0 radical (unpaired) electrons. The number of primary sulfonamides is 1. The summed E-state index contributed by atoms with van der Waals surface area (Å²) in [5, 5.41) is 14.0. The third kappa shape index (κ3) is 4.45. The smallest absolute Gasteiger partial charge is 0.356 e. The minimum absolute atomic E-state index is 0.0458. The number of carboxylic acid groups (broad SMARTS) is 1. The molecule has 11 heteroatoms. The van der Waals surface area contributed by atoms with Crippen molar-refractivity contribution >= 4 is 43.5 Å². The molecule has 0 atom stereocenters. The van der Waals surface area contributed by atoms with Gasteiger partial charge in [-0.2, -0.15) is 0 Å². The molecule has 0 aliphatic rings. The van der Waals surface area contributed by atoms with E-state index in [-0.39, 0.29) is 22.3 Å². The number of carboxylic acids is 1. The van der Waals surface area contributed by atoms with Crippen molar-refractivity contribution in [2.45, 2.75) is 10.8 Å². The quantitative estimate of drug-likeness (QED) is 0.583. The van der Waals surface area contributed by atoms with Gasteiger partial charge in [-0.05, 0) is 29.8 Å². The average Bonchev–Trinajstić information content (AvgIpc) is 3.05. The number of nitrogens with zero attached hydrogens (tertiary/aromatic N) is 2. The molecule has 0 unspecified atom stereocenters. The van der Waals surface area contributed by atoms with Gasteiger partial charge in [0.15, 0.2) is 0 Å². The maximum absolute atomic E-state index is 12.0. The van der Waals surface area contributed by atoms with E-state index in [0.29, 0.717) is 16.6 Å². The molecule has 1 aromatic carbocycles. The van der Waals surface area contributed by atoms with E-state index in [2.05, 4.69) is 9.97 Å². The third-order valence-corrected chi connectivity index (χ3v) is 5.82. The molecule has 9 nitrogen and oxygen atoms in total. The lowest BCUT2D eigenvalue weighted by Crippen LogP contribution is -2.12. The number of nitrogens with two attached hydrogens (primary N) is 1. The summed E-state index contributed by atoms with van der Waals surface area (Å²) < 4.78 is 28.3. The number of pyridine rings is 1. The van der Waals surface area contributed by atoms with Crippen molar-refractivity contribution in [1.29, 1.82) is 0 Å². The molecule has 0 saturated heterocycles. The molecule has 27 heavy (non-hydrogen) atoms. The zero-order chi connectivity index (χ0) is 19.6. The lowest BCUT2D eigenvalue weighted by molar-refractivity contribution is 0.0502. The Kier molecular flexibility index (Phi) is 5.17. The number of thiazole rings is 1. The fraction of sp³-hybridized carbons (Fsp3) is 0.125. The summed E-state index contributed by atoms with van der Waals surface area (Å²) in [6.07, 6.45) is 0.378. The Morgan fingerprint density at radius 3 is 2.59 bits per heavy atom. The summed E-state index contributed by atoms with van der Waals surface area (Å²) in [4.78, 5) is 30.5. The van der Waals surface area contributed by atoms with Gasteiger partial charge in [0.25, 0.3) is 10.0 Å². The first-order valence-corrected chi connectivity index (χ1v) is 9.90. The highest BCUT2D eigenvalue weighted by Gasteiger charge is 2.15. The van der Waals surface area contributed by atoms with E-state index in [1.807, 2.05) is 0 Å². The van der Waals surface area contributed by atoms with Crippen LogP contribution in [0, 0.1) is 0 Å². The van der Waals surface area contributed by atoms with Crippen LogP contribution in [-0.4, -0.2) is 42.0 Å². The highest BCUT2D eigenvalue weighted by molar-refractivity contribution is 7.91. The topological polar surface area (TPSA) is 150 Å². The molecule has 3 N–H and O–H groups in total. The maximum atomic E-state index is 12.0. The molecule has 0 bridgehead atoms. The van der Waals surface area contributed by atoms with E-state index in [0.717, 1.165) is 16.9 Å². The molecule has 0 aliphatic heterocycles. The number of aromatic nitrogens is 2. The number of fused-ring (bicyclic) bond motifs is 1. The predicted molar refractivity (Wildman–Crippen MR) is 96.2 cm³/mol. The van der Waals surface area contributed by atoms with E-state index >= 15 is 0 Å². The van der Waals surface area contributed by atoms with Crippen LogP contribution in [0.1, 0.15) is 26.5 Å². The molecule has 0 spiro atoms. The Morgan fingerprint density at radius 2 is 1.89 bits per heavy atom. The number of carbonyl (C=O) groups is 2. The van der Waals surface area contributed by atoms with Gasteiger partial charge >= 0.3 is 11.9 Å². The van der Waals surface area contributed by atoms with Gasteiger partial charge in [-0.3, -0.25) is 0 Å². The van der Waals surface area contributed by atoms with E-state index in [9.17, 15) is 18.0 Å². The molecule has 2 aromatic heterocycles. The zero-order valence-corrected chi connectivity index (χ0v) is 15.3. The SMILES string of the molecule is NS(=O)(=O)c1nc2ccc(CCOC(=O)c3cccc(C(=O)O)n3)cc2s1. The molecule has 0 fully saturated rings. The summed E-state index contributed by atoms with van der Waals surface area (Å²) in [7, 11) is -3.86. The van der Waals surface area contributed by atoms with Gasteiger partial charge in [0.2, 0.25) is 4.34 Å². The number of benzene rings is 1. The van der Waals surface area contributed by atoms with E-state index < -0.39 is 22.0 Å². The van der Waals surface area contributed by atoms with Crippen LogP contribution in [0.5, 0.6) is 0 Å². The Bertz CT molecular complexity index is 1140. The summed E-state index contributed by atoms with van der Waals surface area (Å²) in [6, 6.07) is 9.21. The van der Waals surface area contributed by atoms with Crippen LogP contribution >= 0.6 is 11.3 Å². The summed E-state index contributed by atoms with van der Waals surface area (Å²) in [5.41, 5.74) is 0.989. The van der Waals surface area contributed by atoms with Gasteiger partial charge in [0, 0.05) is 6.42 Å². The van der Waals surface area contributed by atoms with Crippen molar-refractivity contribution in [1.82, 2.24) is 9.97 Å². The highest BCUT2D eigenvalue weighted by atomic mass is 32.2. The number of ether oxygens (including phenoxy) is 1. The van der Waals surface area contributed by atoms with Crippen molar-refractivity contribution in [3.8, 4) is 0 Å². The Hall–Kier alpha value is -2.89. The molecule has 2 heterocycles. The van der Waals surface area contributed by atoms with Crippen molar-refractivity contribution < 1.29 is 27.9 Å². The minimum atomic E-state index is -3.86. The van der Waals surface area contributed by atoms with E-state index in [1.165, 1.54) is 18.2 Å². The van der Waals surface area contributed by atoms with Gasteiger partial charge in [0.1, 0.15) is 11.4 Å². The highest BCUT2D eigenvalue weighted by Crippen LogP contribution is 2.25. The van der Waals surface area contributed by atoms with Crippen LogP contribution in [0.4, 0.5) is 0 Å². The minimum Gasteiger partial charge on any atom is -0.477 e. The first-order valence-electron chi connectivity index (χ1n) is 7.54.